The second-order valence-electron chi connectivity index (χ2n) is 6.04. The molecule has 2 atom stereocenters. The molecule has 0 spiro atoms. The van der Waals surface area contributed by atoms with Gasteiger partial charge in [0.05, 0.1) is 7.11 Å². The summed E-state index contributed by atoms with van der Waals surface area (Å²) in [5.41, 5.74) is 3.92. The summed E-state index contributed by atoms with van der Waals surface area (Å²) in [5, 5.41) is 1.31. The summed E-state index contributed by atoms with van der Waals surface area (Å²) in [6, 6.07) is 12.5. The maximum absolute atomic E-state index is 5.80. The maximum Gasteiger partial charge on any atom is 0.188 e. The van der Waals surface area contributed by atoms with E-state index in [9.17, 15) is 0 Å². The Bertz CT molecular complexity index is 746. The molecule has 0 saturated heterocycles. The van der Waals surface area contributed by atoms with Gasteiger partial charge in [-0.25, -0.2) is 0 Å². The lowest BCUT2D eigenvalue weighted by atomic mass is 10.1. The van der Waals surface area contributed by atoms with Crippen LogP contribution < -0.4 is 14.8 Å². The largest absolute Gasteiger partial charge is 0.497 e. The predicted octanol–water partition coefficient (Wildman–Crippen LogP) is 4.49. The van der Waals surface area contributed by atoms with Crippen molar-refractivity contribution in [2.45, 2.75) is 25.9 Å². The Morgan fingerprint density at radius 3 is 2.62 bits per heavy atom. The van der Waals surface area contributed by atoms with Gasteiger partial charge in [-0.1, -0.05) is 33.2 Å². The van der Waals surface area contributed by atoms with Crippen molar-refractivity contribution in [3.8, 4) is 11.5 Å². The number of hydrogen-bond acceptors (Lipinski definition) is 4. The highest BCUT2D eigenvalue weighted by atomic mass is 31.1. The zero-order valence-corrected chi connectivity index (χ0v) is 17.2. The van der Waals surface area contributed by atoms with Crippen molar-refractivity contribution in [2.75, 3.05) is 28.1 Å². The van der Waals surface area contributed by atoms with E-state index in [1.165, 1.54) is 16.4 Å². The zero-order chi connectivity index (χ0) is 18.9. The zero-order valence-electron chi connectivity index (χ0n) is 16.2. The Labute approximate surface area is 158 Å². The lowest BCUT2D eigenvalue weighted by Crippen LogP contribution is -2.09. The summed E-state index contributed by atoms with van der Waals surface area (Å²) in [7, 11) is 5.74. The number of aryl methyl sites for hydroxylation is 1. The van der Waals surface area contributed by atoms with Crippen molar-refractivity contribution in [1.82, 2.24) is 0 Å². The summed E-state index contributed by atoms with van der Waals surface area (Å²) in [6.07, 6.45) is 2.95. The molecule has 26 heavy (non-hydrogen) atoms. The van der Waals surface area contributed by atoms with E-state index in [-0.39, 0.29) is 6.79 Å². The third-order valence-electron chi connectivity index (χ3n) is 4.14. The molecular weight excluding hydrogens is 345 g/mol. The topological polar surface area (TPSA) is 40.0 Å². The van der Waals surface area contributed by atoms with Gasteiger partial charge in [0.15, 0.2) is 6.79 Å². The molecule has 5 heteroatoms. The second-order valence-corrected chi connectivity index (χ2v) is 7.56. The van der Waals surface area contributed by atoms with Gasteiger partial charge in [0.2, 0.25) is 0 Å². The molecule has 0 saturated carbocycles. The molecule has 2 aromatic carbocycles. The van der Waals surface area contributed by atoms with Gasteiger partial charge in [-0.2, -0.15) is 0 Å². The number of rotatable bonds is 9. The van der Waals surface area contributed by atoms with Crippen molar-refractivity contribution in [3.05, 3.63) is 53.1 Å². The molecule has 2 aromatic rings. The Morgan fingerprint density at radius 1 is 1.15 bits per heavy atom. The Morgan fingerprint density at radius 2 is 1.96 bits per heavy atom. The third kappa shape index (κ3) is 5.30. The standard InChI is InChI=1S/C21H28NO3P/c1-6-20(26-21-10-7-15(2)11-16(21)13-22-3)18-12-17(24-5)8-9-19(18)25-14-23-4/h7-13,20,26H,6,14H2,1-5H3. The van der Waals surface area contributed by atoms with Crippen LogP contribution in [0.2, 0.25) is 0 Å². The van der Waals surface area contributed by atoms with Gasteiger partial charge >= 0.3 is 0 Å². The van der Waals surface area contributed by atoms with Crippen LogP contribution in [0.25, 0.3) is 0 Å². The van der Waals surface area contributed by atoms with Crippen LogP contribution in [0.15, 0.2) is 41.4 Å². The maximum atomic E-state index is 5.80. The van der Waals surface area contributed by atoms with E-state index in [0.29, 0.717) is 14.2 Å². The van der Waals surface area contributed by atoms with Crippen LogP contribution in [0.1, 0.15) is 35.7 Å². The molecule has 2 rings (SSSR count). The predicted molar refractivity (Wildman–Crippen MR) is 111 cm³/mol. The van der Waals surface area contributed by atoms with Gasteiger partial charge in [0.25, 0.3) is 0 Å². The van der Waals surface area contributed by atoms with Gasteiger partial charge in [-0.05, 0) is 48.5 Å². The first-order valence-electron chi connectivity index (χ1n) is 8.71. The molecule has 0 heterocycles. The quantitative estimate of drug-likeness (QED) is 0.369. The third-order valence-corrected chi connectivity index (χ3v) is 5.97. The average molecular weight is 373 g/mol. The first-order chi connectivity index (χ1) is 12.6. The van der Waals surface area contributed by atoms with Gasteiger partial charge in [-0.3, -0.25) is 4.99 Å². The molecular formula is C21H28NO3P. The van der Waals surface area contributed by atoms with Crippen molar-refractivity contribution < 1.29 is 14.2 Å². The summed E-state index contributed by atoms with van der Waals surface area (Å²) in [6.45, 7) is 4.55. The van der Waals surface area contributed by atoms with E-state index in [4.69, 9.17) is 14.2 Å². The molecule has 0 bridgehead atoms. The molecule has 4 nitrogen and oxygen atoms in total. The lowest BCUT2D eigenvalue weighted by molar-refractivity contribution is 0.0503. The first-order valence-corrected chi connectivity index (χ1v) is 9.79. The van der Waals surface area contributed by atoms with Crippen LogP contribution in [0.5, 0.6) is 11.5 Å². The molecule has 0 aliphatic heterocycles. The second kappa shape index (κ2) is 10.3. The summed E-state index contributed by atoms with van der Waals surface area (Å²) < 4.78 is 16.3. The van der Waals surface area contributed by atoms with E-state index in [2.05, 4.69) is 43.1 Å². The smallest absolute Gasteiger partial charge is 0.188 e. The highest BCUT2D eigenvalue weighted by Gasteiger charge is 2.18. The van der Waals surface area contributed by atoms with Gasteiger partial charge in [0, 0.05) is 31.6 Å². The monoisotopic (exact) mass is 373 g/mol. The average Bonchev–Trinajstić information content (AvgIpc) is 2.66. The fourth-order valence-electron chi connectivity index (χ4n) is 2.83. The molecule has 0 N–H and O–H groups in total. The minimum atomic E-state index is 0.233. The van der Waals surface area contributed by atoms with Crippen LogP contribution >= 0.6 is 8.58 Å². The number of aliphatic imine (C=N–C) groups is 1. The van der Waals surface area contributed by atoms with Crippen LogP contribution in [0.3, 0.4) is 0 Å². The van der Waals surface area contributed by atoms with E-state index >= 15 is 0 Å². The highest BCUT2D eigenvalue weighted by molar-refractivity contribution is 7.47. The normalized spacial score (nSPS) is 12.8. The number of benzene rings is 2. The molecule has 0 aromatic heterocycles. The summed E-state index contributed by atoms with van der Waals surface area (Å²) in [5.74, 6) is 1.69. The van der Waals surface area contributed by atoms with Crippen molar-refractivity contribution in [2.24, 2.45) is 4.99 Å². The number of hydrogen-bond donors (Lipinski definition) is 0. The van der Waals surface area contributed by atoms with E-state index in [1.54, 1.807) is 14.2 Å². The summed E-state index contributed by atoms with van der Waals surface area (Å²) in [4.78, 5) is 4.22. The molecule has 140 valence electrons. The van der Waals surface area contributed by atoms with E-state index < -0.39 is 0 Å². The number of nitrogens with zero attached hydrogens (tertiary/aromatic N) is 1. The minimum Gasteiger partial charge on any atom is -0.497 e. The molecule has 2 unspecified atom stereocenters. The molecule has 0 aliphatic rings. The van der Waals surface area contributed by atoms with Crippen LogP contribution in [0.4, 0.5) is 0 Å². The number of ether oxygens (including phenoxy) is 3. The van der Waals surface area contributed by atoms with Crippen molar-refractivity contribution in [1.29, 1.82) is 0 Å². The Hall–Kier alpha value is -1.90. The Kier molecular flexibility index (Phi) is 8.08. The molecule has 0 radical (unpaired) electrons. The van der Waals surface area contributed by atoms with E-state index in [1.807, 2.05) is 25.4 Å². The highest BCUT2D eigenvalue weighted by Crippen LogP contribution is 2.43. The number of methoxy groups -OCH3 is 2. The fourth-order valence-corrected chi connectivity index (χ4v) is 4.27. The fraction of sp³-hybridized carbons (Fsp3) is 0.381. The molecule has 0 aliphatic carbocycles. The molecule has 0 amide bonds. The van der Waals surface area contributed by atoms with Crippen molar-refractivity contribution >= 4 is 20.1 Å². The molecule has 0 fully saturated rings. The van der Waals surface area contributed by atoms with Crippen LogP contribution in [-0.2, 0) is 4.74 Å². The minimum absolute atomic E-state index is 0.233. The van der Waals surface area contributed by atoms with Crippen LogP contribution in [0, 0.1) is 6.92 Å². The van der Waals surface area contributed by atoms with Gasteiger partial charge in [0.1, 0.15) is 11.5 Å². The lowest BCUT2D eigenvalue weighted by Gasteiger charge is -2.21. The summed E-state index contributed by atoms with van der Waals surface area (Å²) >= 11 is 0. The van der Waals surface area contributed by atoms with E-state index in [0.717, 1.165) is 23.5 Å². The van der Waals surface area contributed by atoms with Gasteiger partial charge in [-0.15, -0.1) is 0 Å². The van der Waals surface area contributed by atoms with Gasteiger partial charge < -0.3 is 14.2 Å². The first kappa shape index (κ1) is 20.4. The van der Waals surface area contributed by atoms with Crippen LogP contribution in [-0.4, -0.2) is 34.3 Å². The Balaban J connectivity index is 2.39. The van der Waals surface area contributed by atoms with Crippen molar-refractivity contribution in [3.63, 3.8) is 0 Å². The SMILES string of the molecule is CCC(Pc1ccc(C)cc1C=NC)c1cc(OC)ccc1OCOC.